The maximum absolute atomic E-state index is 12.6. The summed E-state index contributed by atoms with van der Waals surface area (Å²) < 4.78 is 42.6. The molecule has 0 saturated heterocycles. The molecule has 3 nitrogen and oxygen atoms in total. The number of carbonyl (C=O) groups excluding carboxylic acids is 2. The molecule has 1 atom stereocenters. The molecule has 0 amide bonds. The number of unbranched alkanes of at least 4 members (excludes halogenated alkanes) is 2. The molecule has 0 aliphatic heterocycles. The highest BCUT2D eigenvalue weighted by molar-refractivity contribution is 5.96. The molecule has 0 spiro atoms. The first-order valence-electron chi connectivity index (χ1n) is 7.12. The Hall–Kier alpha value is -1.85. The highest BCUT2D eigenvalue weighted by Crippen LogP contribution is 2.26. The standard InChI is InChI=1S/C16H19F3O3/c1-3-4-5-6-14(21)12-7-9-13(10-8-12)22-15(11(2)20)16(17,18)19/h7-10,15H,3-6H2,1-2H3. The van der Waals surface area contributed by atoms with Gasteiger partial charge in [0.1, 0.15) is 5.75 Å². The number of ketones is 2. The van der Waals surface area contributed by atoms with Crippen LogP contribution in [0, 0.1) is 0 Å². The summed E-state index contributed by atoms with van der Waals surface area (Å²) in [5.41, 5.74) is 0.426. The van der Waals surface area contributed by atoms with Gasteiger partial charge in [0, 0.05) is 12.0 Å². The molecule has 0 saturated carbocycles. The second-order valence-electron chi connectivity index (χ2n) is 5.05. The fourth-order valence-corrected chi connectivity index (χ4v) is 1.92. The van der Waals surface area contributed by atoms with Crippen molar-refractivity contribution < 1.29 is 27.5 Å². The lowest BCUT2D eigenvalue weighted by atomic mass is 10.0. The molecule has 1 aromatic rings. The average Bonchev–Trinajstić information content (AvgIpc) is 2.44. The minimum absolute atomic E-state index is 0.0565. The van der Waals surface area contributed by atoms with E-state index in [2.05, 4.69) is 4.74 Å². The van der Waals surface area contributed by atoms with Crippen molar-refractivity contribution >= 4 is 11.6 Å². The molecule has 0 aliphatic rings. The maximum Gasteiger partial charge on any atom is 0.432 e. The van der Waals surface area contributed by atoms with Crippen LogP contribution in [0.15, 0.2) is 24.3 Å². The molecule has 122 valence electrons. The summed E-state index contributed by atoms with van der Waals surface area (Å²) >= 11 is 0. The van der Waals surface area contributed by atoms with E-state index >= 15 is 0 Å². The van der Waals surface area contributed by atoms with Gasteiger partial charge in [-0.3, -0.25) is 9.59 Å². The molecule has 1 rings (SSSR count). The minimum atomic E-state index is -4.76. The van der Waals surface area contributed by atoms with Crippen molar-refractivity contribution in [3.63, 3.8) is 0 Å². The zero-order valence-corrected chi connectivity index (χ0v) is 12.6. The molecule has 0 radical (unpaired) electrons. The number of benzene rings is 1. The Bertz CT molecular complexity index is 506. The summed E-state index contributed by atoms with van der Waals surface area (Å²) in [6, 6.07) is 5.37. The largest absolute Gasteiger partial charge is 0.473 e. The Balaban J connectivity index is 2.72. The molecule has 0 aliphatic carbocycles. The van der Waals surface area contributed by atoms with Gasteiger partial charge in [-0.2, -0.15) is 13.2 Å². The van der Waals surface area contributed by atoms with Crippen LogP contribution in [0.2, 0.25) is 0 Å². The van der Waals surface area contributed by atoms with Gasteiger partial charge in [-0.1, -0.05) is 19.8 Å². The molecule has 6 heteroatoms. The van der Waals surface area contributed by atoms with E-state index in [0.717, 1.165) is 26.2 Å². The SMILES string of the molecule is CCCCCC(=O)c1ccc(OC(C(C)=O)C(F)(F)F)cc1. The highest BCUT2D eigenvalue weighted by atomic mass is 19.4. The van der Waals surface area contributed by atoms with Crippen molar-refractivity contribution in [2.45, 2.75) is 51.8 Å². The van der Waals surface area contributed by atoms with Crippen LogP contribution in [0.3, 0.4) is 0 Å². The Morgan fingerprint density at radius 3 is 2.18 bits per heavy atom. The Morgan fingerprint density at radius 2 is 1.73 bits per heavy atom. The fourth-order valence-electron chi connectivity index (χ4n) is 1.92. The third-order valence-corrected chi connectivity index (χ3v) is 3.10. The van der Waals surface area contributed by atoms with E-state index in [1.807, 2.05) is 6.92 Å². The fraction of sp³-hybridized carbons (Fsp3) is 0.500. The van der Waals surface area contributed by atoms with E-state index in [1.54, 1.807) is 0 Å². The first kappa shape index (κ1) is 18.2. The second-order valence-corrected chi connectivity index (χ2v) is 5.05. The zero-order chi connectivity index (χ0) is 16.8. The Kier molecular flexibility index (Phi) is 6.59. The average molecular weight is 316 g/mol. The summed E-state index contributed by atoms with van der Waals surface area (Å²) in [4.78, 5) is 22.9. The first-order chi connectivity index (χ1) is 10.3. The van der Waals surface area contributed by atoms with E-state index in [0.29, 0.717) is 12.0 Å². The van der Waals surface area contributed by atoms with Gasteiger partial charge in [-0.25, -0.2) is 0 Å². The molecular formula is C16H19F3O3. The van der Waals surface area contributed by atoms with Gasteiger partial charge in [0.2, 0.25) is 0 Å². The van der Waals surface area contributed by atoms with Gasteiger partial charge in [0.15, 0.2) is 11.6 Å². The number of carbonyl (C=O) groups is 2. The highest BCUT2D eigenvalue weighted by Gasteiger charge is 2.45. The number of alkyl halides is 3. The van der Waals surface area contributed by atoms with E-state index in [1.165, 1.54) is 24.3 Å². The summed E-state index contributed by atoms with van der Waals surface area (Å²) in [6.45, 7) is 2.85. The van der Waals surface area contributed by atoms with E-state index in [-0.39, 0.29) is 11.5 Å². The zero-order valence-electron chi connectivity index (χ0n) is 12.6. The summed E-state index contributed by atoms with van der Waals surface area (Å²) in [5.74, 6) is -1.27. The molecule has 1 unspecified atom stereocenters. The smallest absolute Gasteiger partial charge is 0.432 e. The third kappa shape index (κ3) is 5.50. The van der Waals surface area contributed by atoms with Crippen molar-refractivity contribution in [2.24, 2.45) is 0 Å². The predicted molar refractivity (Wildman–Crippen MR) is 76.1 cm³/mol. The molecular weight excluding hydrogens is 297 g/mol. The van der Waals surface area contributed by atoms with Crippen LogP contribution in [-0.2, 0) is 4.79 Å². The third-order valence-electron chi connectivity index (χ3n) is 3.10. The van der Waals surface area contributed by atoms with Crippen LogP contribution in [0.1, 0.15) is 49.9 Å². The summed E-state index contributed by atoms with van der Waals surface area (Å²) in [7, 11) is 0. The lowest BCUT2D eigenvalue weighted by molar-refractivity contribution is -0.195. The van der Waals surface area contributed by atoms with E-state index in [9.17, 15) is 22.8 Å². The monoisotopic (exact) mass is 316 g/mol. The van der Waals surface area contributed by atoms with E-state index in [4.69, 9.17) is 0 Å². The van der Waals surface area contributed by atoms with Gasteiger partial charge >= 0.3 is 6.18 Å². The minimum Gasteiger partial charge on any atom is -0.473 e. The molecule has 0 fully saturated rings. The lowest BCUT2D eigenvalue weighted by Gasteiger charge is -2.19. The maximum atomic E-state index is 12.6. The van der Waals surface area contributed by atoms with Gasteiger partial charge in [0.25, 0.3) is 6.10 Å². The predicted octanol–water partition coefficient (Wildman–Crippen LogP) is 4.35. The number of hydrogen-bond acceptors (Lipinski definition) is 3. The molecule has 0 N–H and O–H groups in total. The molecule has 1 aromatic carbocycles. The number of halogens is 3. The van der Waals surface area contributed by atoms with Gasteiger partial charge in [-0.15, -0.1) is 0 Å². The van der Waals surface area contributed by atoms with Crippen LogP contribution in [0.25, 0.3) is 0 Å². The van der Waals surface area contributed by atoms with Gasteiger partial charge < -0.3 is 4.74 Å². The van der Waals surface area contributed by atoms with E-state index < -0.39 is 18.1 Å². The quantitative estimate of drug-likeness (QED) is 0.529. The van der Waals surface area contributed by atoms with Crippen LogP contribution >= 0.6 is 0 Å². The second kappa shape index (κ2) is 7.96. The Morgan fingerprint density at radius 1 is 1.14 bits per heavy atom. The number of hydrogen-bond donors (Lipinski definition) is 0. The number of Topliss-reactive ketones (excluding diaryl/α,β-unsaturated/α-hetero) is 2. The number of rotatable bonds is 8. The molecule has 0 bridgehead atoms. The molecule has 22 heavy (non-hydrogen) atoms. The van der Waals surface area contributed by atoms with Crippen molar-refractivity contribution in [1.29, 1.82) is 0 Å². The first-order valence-corrected chi connectivity index (χ1v) is 7.12. The van der Waals surface area contributed by atoms with Crippen molar-refractivity contribution in [3.05, 3.63) is 29.8 Å². The van der Waals surface area contributed by atoms with Crippen LogP contribution < -0.4 is 4.74 Å². The van der Waals surface area contributed by atoms with Crippen molar-refractivity contribution in [1.82, 2.24) is 0 Å². The Labute approximate surface area is 127 Å². The molecule has 0 heterocycles. The van der Waals surface area contributed by atoms with Crippen LogP contribution in [-0.4, -0.2) is 23.8 Å². The van der Waals surface area contributed by atoms with Gasteiger partial charge in [-0.05, 0) is 37.6 Å². The van der Waals surface area contributed by atoms with Crippen molar-refractivity contribution in [2.75, 3.05) is 0 Å². The topological polar surface area (TPSA) is 43.4 Å². The van der Waals surface area contributed by atoms with Crippen LogP contribution in [0.5, 0.6) is 5.75 Å². The normalized spacial score (nSPS) is 12.8. The molecule has 0 aromatic heterocycles. The lowest BCUT2D eigenvalue weighted by Crippen LogP contribution is -2.40. The van der Waals surface area contributed by atoms with Gasteiger partial charge in [0.05, 0.1) is 0 Å². The van der Waals surface area contributed by atoms with Crippen LogP contribution in [0.4, 0.5) is 13.2 Å². The number of ether oxygens (including phenoxy) is 1. The van der Waals surface area contributed by atoms with Crippen molar-refractivity contribution in [3.8, 4) is 5.75 Å². The summed E-state index contributed by atoms with van der Waals surface area (Å²) in [6.07, 6.45) is -4.09. The summed E-state index contributed by atoms with van der Waals surface area (Å²) in [5, 5.41) is 0.